The molecule has 1 spiro atoms. The third kappa shape index (κ3) is 5.93. The minimum atomic E-state index is -3.70. The lowest BCUT2D eigenvalue weighted by molar-refractivity contribution is 0.102. The minimum Gasteiger partial charge on any atom is -0.491 e. The number of rotatable bonds is 10. The molecule has 5 rings (SSSR count). The number of carbonyl (C=O) groups is 1. The fourth-order valence-corrected chi connectivity index (χ4v) is 5.69. The van der Waals surface area contributed by atoms with E-state index in [1.165, 1.54) is 12.8 Å². The second-order valence-corrected chi connectivity index (χ2v) is 12.0. The van der Waals surface area contributed by atoms with Crippen LogP contribution in [0.1, 0.15) is 55.3 Å². The molecule has 11 heteroatoms. The van der Waals surface area contributed by atoms with E-state index in [0.29, 0.717) is 39.8 Å². The predicted octanol–water partition coefficient (Wildman–Crippen LogP) is 3.39. The Hall–Kier alpha value is -3.05. The van der Waals surface area contributed by atoms with Crippen LogP contribution >= 0.6 is 0 Å². The predicted molar refractivity (Wildman–Crippen MR) is 141 cm³/mol. The molecule has 200 valence electrons. The molecule has 0 bridgehead atoms. The molecule has 3 aliphatic rings. The first-order valence-electron chi connectivity index (χ1n) is 12.8. The van der Waals surface area contributed by atoms with Gasteiger partial charge >= 0.3 is 0 Å². The van der Waals surface area contributed by atoms with E-state index in [1.54, 1.807) is 37.4 Å². The number of aliphatic hydroxyl groups is 1. The maximum absolute atomic E-state index is 13.5. The van der Waals surface area contributed by atoms with E-state index < -0.39 is 22.4 Å². The molecule has 0 atom stereocenters. The van der Waals surface area contributed by atoms with Gasteiger partial charge in [0.2, 0.25) is 10.0 Å². The monoisotopic (exact) mass is 530 g/mol. The van der Waals surface area contributed by atoms with Crippen LogP contribution in [0.5, 0.6) is 11.6 Å². The summed E-state index contributed by atoms with van der Waals surface area (Å²) in [5.41, 5.74) is 1.89. The Bertz CT molecular complexity index is 1250. The van der Waals surface area contributed by atoms with E-state index >= 15 is 0 Å². The summed E-state index contributed by atoms with van der Waals surface area (Å²) < 4.78 is 38.3. The van der Waals surface area contributed by atoms with Gasteiger partial charge in [0.05, 0.1) is 36.4 Å². The van der Waals surface area contributed by atoms with Crippen molar-refractivity contribution in [3.8, 4) is 11.6 Å². The van der Waals surface area contributed by atoms with E-state index in [1.807, 2.05) is 0 Å². The first kappa shape index (κ1) is 25.6. The number of aliphatic hydroxyl groups excluding tert-OH is 1. The number of nitrogens with one attached hydrogen (secondary N) is 2. The number of anilines is 3. The van der Waals surface area contributed by atoms with Crippen LogP contribution in [0.15, 0.2) is 30.3 Å². The SMILES string of the molecule is COc1ccc(NC(=O)c2ccc(NS(=O)(=O)CCO)cc2N2CCC3(CC2)CC3)nc1OC1CCC1. The molecule has 0 radical (unpaired) electrons. The van der Waals surface area contributed by atoms with Crippen molar-refractivity contribution in [3.05, 3.63) is 35.9 Å². The molecule has 1 amide bonds. The molecule has 2 aromatic rings. The number of piperidine rings is 1. The van der Waals surface area contributed by atoms with Crippen LogP contribution in [0.3, 0.4) is 0 Å². The third-order valence-electron chi connectivity index (χ3n) is 7.61. The van der Waals surface area contributed by atoms with Gasteiger partial charge in [0.15, 0.2) is 5.75 Å². The Morgan fingerprint density at radius 3 is 2.54 bits per heavy atom. The summed E-state index contributed by atoms with van der Waals surface area (Å²) in [6.45, 7) is 1.12. The number of sulfonamides is 1. The number of hydrogen-bond acceptors (Lipinski definition) is 8. The van der Waals surface area contributed by atoms with Crippen LogP contribution in [-0.2, 0) is 10.0 Å². The van der Waals surface area contributed by atoms with Gasteiger partial charge in [-0.05, 0) is 80.7 Å². The molecule has 2 aliphatic carbocycles. The van der Waals surface area contributed by atoms with Crippen LogP contribution in [-0.4, -0.2) is 63.1 Å². The van der Waals surface area contributed by atoms with Crippen molar-refractivity contribution in [2.75, 3.05) is 47.5 Å². The van der Waals surface area contributed by atoms with Crippen LogP contribution in [0, 0.1) is 5.41 Å². The number of ether oxygens (including phenoxy) is 2. The average molecular weight is 531 g/mol. The number of carbonyl (C=O) groups excluding carboxylic acids is 1. The molecule has 2 saturated carbocycles. The summed E-state index contributed by atoms with van der Waals surface area (Å²) in [6.07, 6.45) is 7.78. The summed E-state index contributed by atoms with van der Waals surface area (Å²) >= 11 is 0. The maximum Gasteiger partial charge on any atom is 0.259 e. The highest BCUT2D eigenvalue weighted by Crippen LogP contribution is 2.54. The zero-order valence-corrected chi connectivity index (χ0v) is 21.8. The molecule has 10 nitrogen and oxygen atoms in total. The van der Waals surface area contributed by atoms with E-state index in [2.05, 4.69) is 19.9 Å². The van der Waals surface area contributed by atoms with Crippen LogP contribution in [0.2, 0.25) is 0 Å². The van der Waals surface area contributed by atoms with Gasteiger partial charge in [-0.2, -0.15) is 4.98 Å². The van der Waals surface area contributed by atoms with Crippen molar-refractivity contribution < 1.29 is 27.8 Å². The Morgan fingerprint density at radius 1 is 1.16 bits per heavy atom. The lowest BCUT2D eigenvalue weighted by Crippen LogP contribution is -2.35. The Balaban J connectivity index is 1.39. The van der Waals surface area contributed by atoms with Crippen LogP contribution in [0.4, 0.5) is 17.2 Å². The molecule has 1 saturated heterocycles. The largest absolute Gasteiger partial charge is 0.491 e. The van der Waals surface area contributed by atoms with Gasteiger partial charge in [-0.3, -0.25) is 9.52 Å². The zero-order valence-electron chi connectivity index (χ0n) is 21.0. The van der Waals surface area contributed by atoms with Gasteiger partial charge in [-0.1, -0.05) is 0 Å². The van der Waals surface area contributed by atoms with E-state index in [0.717, 1.165) is 45.2 Å². The average Bonchev–Trinajstić information content (AvgIpc) is 3.60. The lowest BCUT2D eigenvalue weighted by atomic mass is 9.93. The smallest absolute Gasteiger partial charge is 0.259 e. The fraction of sp³-hybridized carbons (Fsp3) is 0.538. The van der Waals surface area contributed by atoms with Gasteiger partial charge in [0, 0.05) is 13.1 Å². The molecule has 1 aliphatic heterocycles. The standard InChI is InChI=1S/C26H34N4O6S/c1-35-22-7-8-23(28-25(22)36-19-3-2-4-19)27-24(32)20-6-5-18(29-37(33,34)16-15-31)17-21(20)30-13-11-26(9-10-26)12-14-30/h5-8,17,19,29,31H,2-4,9-16H2,1H3,(H,27,28,32). The summed E-state index contributed by atoms with van der Waals surface area (Å²) in [7, 11) is -2.14. The normalized spacial score (nSPS) is 18.7. The highest BCUT2D eigenvalue weighted by Gasteiger charge is 2.44. The number of pyridine rings is 1. The summed E-state index contributed by atoms with van der Waals surface area (Å²) in [4.78, 5) is 20.1. The lowest BCUT2D eigenvalue weighted by Gasteiger charge is -2.35. The number of amides is 1. The highest BCUT2D eigenvalue weighted by atomic mass is 32.2. The zero-order chi connectivity index (χ0) is 26.0. The maximum atomic E-state index is 13.5. The molecule has 2 heterocycles. The molecule has 37 heavy (non-hydrogen) atoms. The van der Waals surface area contributed by atoms with Gasteiger partial charge in [0.25, 0.3) is 11.8 Å². The molecule has 0 unspecified atom stereocenters. The summed E-state index contributed by atoms with van der Waals surface area (Å²) in [5.74, 6) is 0.454. The Labute approximate surface area is 217 Å². The first-order chi connectivity index (χ1) is 17.8. The van der Waals surface area contributed by atoms with E-state index in [-0.39, 0.29) is 12.0 Å². The van der Waals surface area contributed by atoms with Crippen molar-refractivity contribution in [3.63, 3.8) is 0 Å². The van der Waals surface area contributed by atoms with Gasteiger partial charge in [-0.15, -0.1) is 0 Å². The molecule has 1 aromatic carbocycles. The number of benzene rings is 1. The Morgan fingerprint density at radius 2 is 1.92 bits per heavy atom. The molecule has 1 aromatic heterocycles. The second-order valence-electron chi connectivity index (χ2n) is 10.2. The minimum absolute atomic E-state index is 0.106. The van der Waals surface area contributed by atoms with E-state index in [4.69, 9.17) is 14.6 Å². The number of methoxy groups -OCH3 is 1. The molecule has 3 N–H and O–H groups in total. The van der Waals surface area contributed by atoms with Crippen molar-refractivity contribution in [1.29, 1.82) is 0 Å². The van der Waals surface area contributed by atoms with Gasteiger partial charge in [-0.25, -0.2) is 8.42 Å². The molecular formula is C26H34N4O6S. The third-order valence-corrected chi connectivity index (χ3v) is 8.88. The number of hydrogen-bond donors (Lipinski definition) is 3. The molecule has 3 fully saturated rings. The molecular weight excluding hydrogens is 496 g/mol. The van der Waals surface area contributed by atoms with Crippen molar-refractivity contribution in [2.24, 2.45) is 5.41 Å². The van der Waals surface area contributed by atoms with Crippen LogP contribution in [0.25, 0.3) is 0 Å². The van der Waals surface area contributed by atoms with Gasteiger partial charge in [0.1, 0.15) is 11.9 Å². The number of nitrogens with zero attached hydrogens (tertiary/aromatic N) is 2. The number of aromatic nitrogens is 1. The van der Waals surface area contributed by atoms with E-state index in [9.17, 15) is 13.2 Å². The highest BCUT2D eigenvalue weighted by molar-refractivity contribution is 7.92. The fourth-order valence-electron chi connectivity index (χ4n) is 4.87. The topological polar surface area (TPSA) is 130 Å². The summed E-state index contributed by atoms with van der Waals surface area (Å²) in [6, 6.07) is 8.27. The Kier molecular flexibility index (Phi) is 7.17. The van der Waals surface area contributed by atoms with Crippen LogP contribution < -0.4 is 24.4 Å². The first-order valence-corrected chi connectivity index (χ1v) is 14.5. The van der Waals surface area contributed by atoms with Crippen molar-refractivity contribution >= 4 is 33.1 Å². The summed E-state index contributed by atoms with van der Waals surface area (Å²) in [5, 5.41) is 11.9. The second kappa shape index (κ2) is 10.4. The quantitative estimate of drug-likeness (QED) is 0.426. The van der Waals surface area contributed by atoms with Crippen molar-refractivity contribution in [1.82, 2.24) is 4.98 Å². The van der Waals surface area contributed by atoms with Gasteiger partial charge < -0.3 is 24.8 Å². The van der Waals surface area contributed by atoms with Crippen molar-refractivity contribution in [2.45, 2.75) is 51.0 Å².